The Balaban J connectivity index is 0.889. The lowest BCUT2D eigenvalue weighted by Gasteiger charge is -2.35. The fraction of sp³-hybridized carbons (Fsp3) is 0.0714. The number of hydrogen-bond donors (Lipinski definition) is 0. The number of ether oxygens (including phenoxy) is 1. The highest BCUT2D eigenvalue weighted by Gasteiger charge is 2.41. The summed E-state index contributed by atoms with van der Waals surface area (Å²) in [4.78, 5) is 4.85. The molecule has 3 aromatic heterocycles. The number of para-hydroxylation sites is 1. The zero-order valence-electron chi connectivity index (χ0n) is 59.8. The second-order valence-corrected chi connectivity index (χ2v) is 27.6. The number of pyridine rings is 1. The minimum absolute atomic E-state index is 0.168. The van der Waals surface area contributed by atoms with E-state index >= 15 is 0 Å². The summed E-state index contributed by atoms with van der Waals surface area (Å²) in [5.74, 6) is 1.15. The Morgan fingerprint density at radius 2 is 1.06 bits per heavy atom. The Kier molecular flexibility index (Phi) is 11.6. The highest BCUT2D eigenvalue weighted by Crippen LogP contribution is 2.40. The van der Waals surface area contributed by atoms with Crippen LogP contribution in [0.4, 0.5) is 0 Å². The first kappa shape index (κ1) is 45.4. The third-order valence-corrected chi connectivity index (χ3v) is 22.1. The van der Waals surface area contributed by atoms with E-state index in [4.69, 9.17) is 23.4 Å². The molecule has 0 saturated heterocycles. The largest absolute Gasteiger partial charge is 0.458 e. The minimum atomic E-state index is -3.04. The van der Waals surface area contributed by atoms with E-state index in [1.807, 2.05) is 95.6 Å². The molecule has 15 rings (SSSR count). The Morgan fingerprint density at radius 3 is 1.73 bits per heavy atom. The van der Waals surface area contributed by atoms with Crippen molar-refractivity contribution < 1.29 is 23.0 Å². The van der Waals surface area contributed by atoms with Crippen LogP contribution >= 0.6 is 0 Å². The van der Waals surface area contributed by atoms with Crippen LogP contribution < -0.4 is 30.1 Å². The highest BCUT2D eigenvalue weighted by atomic mass is 28.3. The maximum Gasteiger partial charge on any atom is 0.269 e. The lowest BCUT2D eigenvalue weighted by molar-refractivity contribution is -0.572. The molecule has 0 amide bonds. The van der Waals surface area contributed by atoms with Gasteiger partial charge in [-0.1, -0.05) is 263 Å². The van der Waals surface area contributed by atoms with Crippen molar-refractivity contribution in [2.45, 2.75) is 39.9 Å². The number of nitrogens with zero attached hydrogens (tertiary/aromatic N) is 4. The van der Waals surface area contributed by atoms with E-state index in [1.165, 1.54) is 33.0 Å². The first-order valence-corrected chi connectivity index (χ1v) is 32.2. The minimum Gasteiger partial charge on any atom is -0.458 e. The monoisotopic (exact) mass is 1180 g/mol. The Morgan fingerprint density at radius 1 is 0.456 bits per heavy atom. The average molecular weight is 1190 g/mol. The molecule has 0 atom stereocenters. The van der Waals surface area contributed by atoms with Gasteiger partial charge in [-0.25, -0.2) is 4.98 Å². The van der Waals surface area contributed by atoms with Gasteiger partial charge in [-0.2, -0.15) is 0 Å². The van der Waals surface area contributed by atoms with Crippen LogP contribution in [0.5, 0.6) is 11.5 Å². The second-order valence-electron chi connectivity index (χ2n) is 23.8. The summed E-state index contributed by atoms with van der Waals surface area (Å²) >= 11 is 0. The van der Waals surface area contributed by atoms with E-state index in [0.717, 1.165) is 72.1 Å². The number of imidazole rings is 1. The van der Waals surface area contributed by atoms with E-state index in [-0.39, 0.29) is 22.4 Å². The van der Waals surface area contributed by atoms with Crippen molar-refractivity contribution in [1.82, 2.24) is 14.1 Å². The molecule has 12 aromatic carbocycles. The molecule has 0 aliphatic heterocycles. The van der Waals surface area contributed by atoms with Gasteiger partial charge in [0.15, 0.2) is 8.07 Å². The van der Waals surface area contributed by atoms with Crippen molar-refractivity contribution in [1.29, 1.82) is 0 Å². The van der Waals surface area contributed by atoms with Gasteiger partial charge in [0.25, 0.3) is 6.33 Å². The zero-order valence-corrected chi connectivity index (χ0v) is 50.8. The van der Waals surface area contributed by atoms with Gasteiger partial charge in [0, 0.05) is 36.8 Å². The summed E-state index contributed by atoms with van der Waals surface area (Å²) in [6, 6.07) is 93.9. The lowest BCUT2D eigenvalue weighted by Crippen LogP contribution is -2.74. The zero-order chi connectivity index (χ0) is 69.4. The number of benzene rings is 12. The summed E-state index contributed by atoms with van der Waals surface area (Å²) in [7, 11) is -2.94. The van der Waals surface area contributed by atoms with Crippen LogP contribution in [0.15, 0.2) is 309 Å². The van der Waals surface area contributed by atoms with Gasteiger partial charge in [-0.05, 0) is 150 Å². The molecule has 0 fully saturated rings. The van der Waals surface area contributed by atoms with Gasteiger partial charge in [0.1, 0.15) is 17.3 Å². The molecule has 0 N–H and O–H groups in total. The predicted molar refractivity (Wildman–Crippen MR) is 376 cm³/mol. The van der Waals surface area contributed by atoms with Gasteiger partial charge in [-0.3, -0.25) is 13.7 Å². The third kappa shape index (κ3) is 9.92. The Labute approximate surface area is 541 Å². The van der Waals surface area contributed by atoms with Crippen molar-refractivity contribution in [2.75, 3.05) is 0 Å². The number of hydrogen-bond acceptors (Lipinski definition) is 2. The van der Waals surface area contributed by atoms with E-state index in [1.54, 1.807) is 0 Å². The maximum absolute atomic E-state index is 8.96. The van der Waals surface area contributed by atoms with Crippen LogP contribution in [0.25, 0.3) is 94.5 Å². The fourth-order valence-corrected chi connectivity index (χ4v) is 17.9. The Bertz CT molecular complexity index is 5540. The molecule has 15 aromatic rings. The van der Waals surface area contributed by atoms with E-state index in [2.05, 4.69) is 218 Å². The number of aromatic nitrogens is 4. The normalized spacial score (nSPS) is 13.7. The number of fused-ring (bicyclic) bond motifs is 4. The van der Waals surface area contributed by atoms with Crippen LogP contribution in [0.1, 0.15) is 51.2 Å². The van der Waals surface area contributed by atoms with Crippen LogP contribution in [-0.4, -0.2) is 22.2 Å². The molecule has 0 radical (unpaired) electrons. The smallest absolute Gasteiger partial charge is 0.269 e. The van der Waals surface area contributed by atoms with Gasteiger partial charge in [0.2, 0.25) is 0 Å². The molecule has 432 valence electrons. The van der Waals surface area contributed by atoms with Crippen molar-refractivity contribution in [3.8, 4) is 73.2 Å². The van der Waals surface area contributed by atoms with Gasteiger partial charge in [-0.15, -0.1) is 0 Å². The molecule has 90 heavy (non-hydrogen) atoms. The molecule has 0 bridgehead atoms. The standard InChI is InChI=1S/C84H66N4OSi/c1-58-26-21-22-41-72(58)76-56-85-82(50-59(76)2)88-78-48-44-62(60-27-11-6-12-28-60)52-75(78)74-47-46-67(55-80(74)88)89-66-33-24-32-65(54-66)86-57-87(79-49-45-63(53-81(79)86)61-29-13-7-14-30-61)83-73(42-25-43-77(83)84(3,4)5)64-31-23-40-71(51-64)90(68-34-15-8-16-35-68,69-36-17-9-18-37-69)70-38-19-10-20-39-70/h6-56H,1-5H3/i1D3,2D3,21D,22D,26D,41D. The maximum atomic E-state index is 8.96. The van der Waals surface area contributed by atoms with Gasteiger partial charge in [0.05, 0.1) is 38.9 Å². The molecule has 3 heterocycles. The first-order chi connectivity index (χ1) is 48.2. The molecule has 0 aliphatic rings. The number of rotatable bonds is 13. The van der Waals surface area contributed by atoms with Crippen molar-refractivity contribution in [3.63, 3.8) is 0 Å². The molecule has 6 heteroatoms. The molecular formula is C84H66N4OSi. The van der Waals surface area contributed by atoms with Gasteiger partial charge < -0.3 is 4.74 Å². The predicted octanol–water partition coefficient (Wildman–Crippen LogP) is 18.0. The molecule has 5 nitrogen and oxygen atoms in total. The van der Waals surface area contributed by atoms with Crippen LogP contribution in [0, 0.1) is 20.0 Å². The summed E-state index contributed by atoms with van der Waals surface area (Å²) in [5.41, 5.74) is 10.2. The molecule has 0 spiro atoms. The van der Waals surface area contributed by atoms with Crippen LogP contribution in [0.3, 0.4) is 0 Å². The van der Waals surface area contributed by atoms with E-state index in [9.17, 15) is 0 Å². The molecule has 0 saturated carbocycles. The van der Waals surface area contributed by atoms with Crippen LogP contribution in [0.2, 0.25) is 0 Å². The SMILES string of the molecule is [2H]c1c([2H])c([2H])c(C([2H])([2H])[2H])c(-c2cnc(-n3c4ccc(-c5ccccc5)cc4c4ccc(Oc5cccc(-n6[c-][n+](-c7c(-c8cccc([Si](c9ccccc9)(c9ccccc9)c9ccccc9)c8)cccc7C(C)(C)C)c7ccc(-c8ccccc8)cc76)c5)cc43)cc2C([2H])([2H])[2H])c1[2H]. The topological polar surface area (TPSA) is 35.9 Å². The second kappa shape index (κ2) is 23.0. The van der Waals surface area contributed by atoms with Crippen LogP contribution in [-0.2, 0) is 5.41 Å². The van der Waals surface area contributed by atoms with Crippen molar-refractivity contribution in [2.24, 2.45) is 0 Å². The first-order valence-electron chi connectivity index (χ1n) is 35.2. The summed E-state index contributed by atoms with van der Waals surface area (Å²) in [6.45, 7) is 0.830. The molecule has 0 unspecified atom stereocenters. The van der Waals surface area contributed by atoms with Crippen molar-refractivity contribution in [3.05, 3.63) is 332 Å². The molecular weight excluding hydrogens is 1110 g/mol. The molecule has 0 aliphatic carbocycles. The summed E-state index contributed by atoms with van der Waals surface area (Å²) in [6.07, 6.45) is 5.14. The van der Waals surface area contributed by atoms with Crippen molar-refractivity contribution >= 4 is 61.7 Å². The summed E-state index contributed by atoms with van der Waals surface area (Å²) < 4.78 is 99.6. The van der Waals surface area contributed by atoms with E-state index in [0.29, 0.717) is 22.5 Å². The Hall–Kier alpha value is -10.9. The van der Waals surface area contributed by atoms with E-state index < -0.39 is 57.1 Å². The summed E-state index contributed by atoms with van der Waals surface area (Å²) in [5, 5.41) is 6.75. The van der Waals surface area contributed by atoms with Gasteiger partial charge >= 0.3 is 0 Å². The number of aryl methyl sites for hydroxylation is 1. The highest BCUT2D eigenvalue weighted by molar-refractivity contribution is 7.19. The fourth-order valence-electron chi connectivity index (χ4n) is 13.1. The quantitative estimate of drug-likeness (QED) is 0.0499. The third-order valence-electron chi connectivity index (χ3n) is 17.3. The lowest BCUT2D eigenvalue weighted by atomic mass is 9.83. The average Bonchev–Trinajstić information content (AvgIpc) is 1.11.